The van der Waals surface area contributed by atoms with Gasteiger partial charge in [0.05, 0.1) is 10.4 Å². The van der Waals surface area contributed by atoms with Crippen molar-refractivity contribution < 1.29 is 25.2 Å². The molecule has 3 rings (SSSR count). The molecule has 1 fully saturated rings. The SMILES string of the molecule is OCC1OC(c2ccc(Cl)c(Cc3ccc(Br)s3)c2)[C@H](O)C(O)C1O. The third-order valence-corrected chi connectivity index (χ3v) is 6.28. The van der Waals surface area contributed by atoms with Crippen molar-refractivity contribution in [2.45, 2.75) is 36.9 Å². The lowest BCUT2D eigenvalue weighted by molar-refractivity contribution is -0.231. The molecule has 136 valence electrons. The Bertz CT molecular complexity index is 738. The molecular weight excluding hydrogens is 432 g/mol. The summed E-state index contributed by atoms with van der Waals surface area (Å²) in [6, 6.07) is 9.23. The summed E-state index contributed by atoms with van der Waals surface area (Å²) in [5, 5.41) is 40.1. The molecular formula is C17H18BrClO5S. The topological polar surface area (TPSA) is 90.2 Å². The Balaban J connectivity index is 1.88. The summed E-state index contributed by atoms with van der Waals surface area (Å²) in [6.07, 6.45) is -5.24. The molecule has 0 bridgehead atoms. The summed E-state index contributed by atoms with van der Waals surface area (Å²) in [5.41, 5.74) is 1.50. The van der Waals surface area contributed by atoms with E-state index in [1.807, 2.05) is 18.2 Å². The van der Waals surface area contributed by atoms with Crippen molar-refractivity contribution in [3.05, 3.63) is 55.1 Å². The fourth-order valence-corrected chi connectivity index (χ4v) is 4.61. The lowest BCUT2D eigenvalue weighted by Gasteiger charge is -2.40. The molecule has 4 N–H and O–H groups in total. The Morgan fingerprint density at radius 3 is 2.48 bits per heavy atom. The highest BCUT2D eigenvalue weighted by Gasteiger charge is 2.43. The predicted molar refractivity (Wildman–Crippen MR) is 99.0 cm³/mol. The molecule has 4 unspecified atom stereocenters. The molecule has 1 aromatic heterocycles. The third-order valence-electron chi connectivity index (χ3n) is 4.28. The van der Waals surface area contributed by atoms with Crippen LogP contribution < -0.4 is 0 Å². The van der Waals surface area contributed by atoms with Crippen LogP contribution >= 0.6 is 38.9 Å². The van der Waals surface area contributed by atoms with E-state index >= 15 is 0 Å². The molecule has 1 saturated heterocycles. The summed E-state index contributed by atoms with van der Waals surface area (Å²) in [6.45, 7) is -0.453. The van der Waals surface area contributed by atoms with E-state index in [1.165, 1.54) is 0 Å². The molecule has 2 aromatic rings. The first-order valence-corrected chi connectivity index (χ1v) is 9.72. The van der Waals surface area contributed by atoms with Crippen molar-refractivity contribution >= 4 is 38.9 Å². The zero-order valence-corrected chi connectivity index (χ0v) is 16.2. The van der Waals surface area contributed by atoms with Crippen LogP contribution in [0.3, 0.4) is 0 Å². The van der Waals surface area contributed by atoms with Gasteiger partial charge in [0.15, 0.2) is 0 Å². The second-order valence-corrected chi connectivity index (χ2v) is 8.94. The number of benzene rings is 1. The van der Waals surface area contributed by atoms with Gasteiger partial charge in [-0.2, -0.15) is 0 Å². The van der Waals surface area contributed by atoms with Crippen LogP contribution in [-0.2, 0) is 11.2 Å². The number of rotatable bonds is 4. The average molecular weight is 450 g/mol. The number of thiophene rings is 1. The van der Waals surface area contributed by atoms with E-state index in [2.05, 4.69) is 15.9 Å². The van der Waals surface area contributed by atoms with Crippen LogP contribution in [-0.4, -0.2) is 51.4 Å². The normalized spacial score (nSPS) is 29.8. The highest BCUT2D eigenvalue weighted by atomic mass is 79.9. The summed E-state index contributed by atoms with van der Waals surface area (Å²) in [4.78, 5) is 1.12. The molecule has 0 saturated carbocycles. The highest BCUT2D eigenvalue weighted by Crippen LogP contribution is 2.35. The van der Waals surface area contributed by atoms with Gasteiger partial charge in [-0.25, -0.2) is 0 Å². The van der Waals surface area contributed by atoms with Crippen molar-refractivity contribution in [3.63, 3.8) is 0 Å². The van der Waals surface area contributed by atoms with Gasteiger partial charge in [0.2, 0.25) is 0 Å². The third kappa shape index (κ3) is 4.09. The van der Waals surface area contributed by atoms with Crippen LogP contribution in [0.2, 0.25) is 5.02 Å². The van der Waals surface area contributed by atoms with Crippen LogP contribution in [0.4, 0.5) is 0 Å². The van der Waals surface area contributed by atoms with E-state index in [0.717, 1.165) is 14.2 Å². The van der Waals surface area contributed by atoms with E-state index in [-0.39, 0.29) is 0 Å². The van der Waals surface area contributed by atoms with Crippen LogP contribution in [0.15, 0.2) is 34.1 Å². The molecule has 1 aromatic carbocycles. The molecule has 0 aliphatic carbocycles. The highest BCUT2D eigenvalue weighted by molar-refractivity contribution is 9.11. The molecule has 1 aliphatic rings. The van der Waals surface area contributed by atoms with Gasteiger partial charge in [0, 0.05) is 16.3 Å². The largest absolute Gasteiger partial charge is 0.394 e. The summed E-state index contributed by atoms with van der Waals surface area (Å²) in [7, 11) is 0. The lowest BCUT2D eigenvalue weighted by atomic mass is 9.90. The minimum absolute atomic E-state index is 0.453. The van der Waals surface area contributed by atoms with Gasteiger partial charge in [-0.05, 0) is 45.3 Å². The fraction of sp³-hybridized carbons (Fsp3) is 0.412. The first-order chi connectivity index (χ1) is 11.9. The van der Waals surface area contributed by atoms with Crippen molar-refractivity contribution in [2.24, 2.45) is 0 Å². The second-order valence-electron chi connectivity index (χ2n) is 5.98. The van der Waals surface area contributed by atoms with E-state index in [1.54, 1.807) is 23.5 Å². The Morgan fingerprint density at radius 1 is 1.08 bits per heavy atom. The number of hydrogen-bond acceptors (Lipinski definition) is 6. The van der Waals surface area contributed by atoms with E-state index in [4.69, 9.17) is 16.3 Å². The number of aliphatic hydroxyl groups excluding tert-OH is 4. The van der Waals surface area contributed by atoms with E-state index in [9.17, 15) is 20.4 Å². The molecule has 0 spiro atoms. The van der Waals surface area contributed by atoms with Crippen LogP contribution in [0.1, 0.15) is 22.1 Å². The van der Waals surface area contributed by atoms with Crippen molar-refractivity contribution in [2.75, 3.05) is 6.61 Å². The van der Waals surface area contributed by atoms with Crippen molar-refractivity contribution in [1.29, 1.82) is 0 Å². The Kier molecular flexibility index (Phi) is 6.18. The van der Waals surface area contributed by atoms with Gasteiger partial charge in [-0.15, -0.1) is 11.3 Å². The maximum absolute atomic E-state index is 10.3. The summed E-state index contributed by atoms with van der Waals surface area (Å²) in [5.74, 6) is 0. The summed E-state index contributed by atoms with van der Waals surface area (Å²) >= 11 is 11.3. The smallest absolute Gasteiger partial charge is 0.113 e. The maximum atomic E-state index is 10.3. The first kappa shape index (κ1) is 19.3. The molecule has 5 nitrogen and oxygen atoms in total. The second kappa shape index (κ2) is 8.02. The van der Waals surface area contributed by atoms with E-state index < -0.39 is 37.1 Å². The fourth-order valence-electron chi connectivity index (χ4n) is 2.92. The Labute approximate surface area is 162 Å². The molecule has 0 radical (unpaired) electrons. The predicted octanol–water partition coefficient (Wildman–Crippen LogP) is 2.27. The molecule has 2 heterocycles. The van der Waals surface area contributed by atoms with Gasteiger partial charge in [0.25, 0.3) is 0 Å². The Hall–Kier alpha value is -0.510. The number of halogens is 2. The van der Waals surface area contributed by atoms with Crippen LogP contribution in [0.5, 0.6) is 0 Å². The molecule has 0 amide bonds. The van der Waals surface area contributed by atoms with Gasteiger partial charge < -0.3 is 25.2 Å². The Morgan fingerprint density at radius 2 is 1.84 bits per heavy atom. The average Bonchev–Trinajstić information content (AvgIpc) is 3.00. The molecule has 25 heavy (non-hydrogen) atoms. The standard InChI is InChI=1S/C17H18BrClO5S/c18-13-4-2-10(25-13)6-9-5-8(1-3-11(9)19)17-16(23)15(22)14(21)12(7-20)24-17/h1-5,12,14-17,20-23H,6-7H2/t12?,14?,15?,16-,17?/m1/s1. The van der Waals surface area contributed by atoms with E-state index in [0.29, 0.717) is 17.0 Å². The van der Waals surface area contributed by atoms with Gasteiger partial charge in [-0.3, -0.25) is 0 Å². The molecule has 8 heteroatoms. The van der Waals surface area contributed by atoms with Gasteiger partial charge in [0.1, 0.15) is 30.5 Å². The zero-order valence-electron chi connectivity index (χ0n) is 13.0. The molecule has 5 atom stereocenters. The molecule has 1 aliphatic heterocycles. The van der Waals surface area contributed by atoms with Crippen molar-refractivity contribution in [3.8, 4) is 0 Å². The van der Waals surface area contributed by atoms with Crippen LogP contribution in [0, 0.1) is 0 Å². The monoisotopic (exact) mass is 448 g/mol. The van der Waals surface area contributed by atoms with Crippen LogP contribution in [0.25, 0.3) is 0 Å². The first-order valence-electron chi connectivity index (χ1n) is 7.73. The summed E-state index contributed by atoms with van der Waals surface area (Å²) < 4.78 is 6.64. The number of aliphatic hydroxyl groups is 4. The van der Waals surface area contributed by atoms with Gasteiger partial charge in [-0.1, -0.05) is 23.7 Å². The number of ether oxygens (including phenoxy) is 1. The zero-order chi connectivity index (χ0) is 18.1. The minimum atomic E-state index is -1.40. The lowest BCUT2D eigenvalue weighted by Crippen LogP contribution is -2.55. The quantitative estimate of drug-likeness (QED) is 0.575. The number of hydrogen-bond donors (Lipinski definition) is 4. The van der Waals surface area contributed by atoms with Crippen molar-refractivity contribution in [1.82, 2.24) is 0 Å². The maximum Gasteiger partial charge on any atom is 0.113 e. The minimum Gasteiger partial charge on any atom is -0.394 e. The van der Waals surface area contributed by atoms with Gasteiger partial charge >= 0.3 is 0 Å².